The van der Waals surface area contributed by atoms with Gasteiger partial charge in [0.05, 0.1) is 19.3 Å². The lowest BCUT2D eigenvalue weighted by molar-refractivity contribution is 0.0256. The number of phenols is 1. The third kappa shape index (κ3) is 3.37. The monoisotopic (exact) mass is 251 g/mol. The van der Waals surface area contributed by atoms with Gasteiger partial charge >= 0.3 is 0 Å². The van der Waals surface area contributed by atoms with Gasteiger partial charge in [0.1, 0.15) is 11.5 Å². The molecule has 1 heterocycles. The molecule has 0 aromatic heterocycles. The number of aromatic hydroxyl groups is 1. The number of benzene rings is 1. The third-order valence-corrected chi connectivity index (χ3v) is 3.00. The first-order valence-electron chi connectivity index (χ1n) is 6.59. The van der Waals surface area contributed by atoms with Gasteiger partial charge in [-0.25, -0.2) is 0 Å². The summed E-state index contributed by atoms with van der Waals surface area (Å²) >= 11 is 0. The van der Waals surface area contributed by atoms with E-state index in [-0.39, 0.29) is 11.9 Å². The molecule has 1 aromatic carbocycles. The van der Waals surface area contributed by atoms with Gasteiger partial charge in [-0.15, -0.1) is 0 Å². The highest BCUT2D eigenvalue weighted by molar-refractivity contribution is 5.42. The number of hydrogen-bond donors (Lipinski definition) is 2. The smallest absolute Gasteiger partial charge is 0.125 e. The maximum absolute atomic E-state index is 9.52. The maximum Gasteiger partial charge on any atom is 0.125 e. The molecule has 4 heteroatoms. The molecule has 1 aromatic rings. The second-order valence-corrected chi connectivity index (χ2v) is 4.47. The van der Waals surface area contributed by atoms with E-state index < -0.39 is 0 Å². The number of fused-ring (bicyclic) bond motifs is 1. The molecule has 0 fully saturated rings. The summed E-state index contributed by atoms with van der Waals surface area (Å²) in [6, 6.07) is 5.18. The van der Waals surface area contributed by atoms with Crippen LogP contribution in [0.4, 0.5) is 0 Å². The van der Waals surface area contributed by atoms with Crippen LogP contribution >= 0.6 is 0 Å². The predicted molar refractivity (Wildman–Crippen MR) is 70.1 cm³/mol. The van der Waals surface area contributed by atoms with Crippen molar-refractivity contribution in [3.8, 4) is 11.5 Å². The first kappa shape index (κ1) is 13.2. The molecule has 1 unspecified atom stereocenters. The standard InChI is InChI=1S/C14H21NO3/c1-2-6-15-7-9-18-14-5-8-17-13-4-3-11(16)10-12(13)14/h3-4,10,14-16H,2,5-9H2,1H3. The summed E-state index contributed by atoms with van der Waals surface area (Å²) in [7, 11) is 0. The van der Waals surface area contributed by atoms with Crippen molar-refractivity contribution in [2.45, 2.75) is 25.9 Å². The second-order valence-electron chi connectivity index (χ2n) is 4.47. The van der Waals surface area contributed by atoms with Crippen LogP contribution in [-0.2, 0) is 4.74 Å². The summed E-state index contributed by atoms with van der Waals surface area (Å²) in [6.07, 6.45) is 2.00. The zero-order valence-corrected chi connectivity index (χ0v) is 10.8. The van der Waals surface area contributed by atoms with E-state index in [1.54, 1.807) is 18.2 Å². The van der Waals surface area contributed by atoms with Crippen molar-refractivity contribution in [2.24, 2.45) is 0 Å². The highest BCUT2D eigenvalue weighted by Crippen LogP contribution is 2.36. The van der Waals surface area contributed by atoms with Gasteiger partial charge in [0.25, 0.3) is 0 Å². The zero-order valence-electron chi connectivity index (χ0n) is 10.8. The summed E-state index contributed by atoms with van der Waals surface area (Å²) in [6.45, 7) is 5.38. The molecule has 0 radical (unpaired) electrons. The molecular weight excluding hydrogens is 230 g/mol. The van der Waals surface area contributed by atoms with Gasteiger partial charge < -0.3 is 19.9 Å². The average Bonchev–Trinajstić information content (AvgIpc) is 2.39. The van der Waals surface area contributed by atoms with Gasteiger partial charge in [0, 0.05) is 18.5 Å². The van der Waals surface area contributed by atoms with Gasteiger partial charge in [-0.2, -0.15) is 0 Å². The van der Waals surface area contributed by atoms with Crippen molar-refractivity contribution in [3.05, 3.63) is 23.8 Å². The number of ether oxygens (including phenoxy) is 2. The fourth-order valence-corrected chi connectivity index (χ4v) is 2.10. The minimum Gasteiger partial charge on any atom is -0.508 e. The largest absolute Gasteiger partial charge is 0.508 e. The Morgan fingerprint density at radius 1 is 1.44 bits per heavy atom. The first-order valence-corrected chi connectivity index (χ1v) is 6.59. The Kier molecular flexibility index (Phi) is 4.84. The number of phenolic OH excluding ortho intramolecular Hbond substituents is 1. The fraction of sp³-hybridized carbons (Fsp3) is 0.571. The van der Waals surface area contributed by atoms with E-state index >= 15 is 0 Å². The molecule has 100 valence electrons. The van der Waals surface area contributed by atoms with E-state index in [0.717, 1.165) is 37.2 Å². The van der Waals surface area contributed by atoms with Crippen LogP contribution in [0.5, 0.6) is 11.5 Å². The topological polar surface area (TPSA) is 50.7 Å². The Morgan fingerprint density at radius 3 is 3.17 bits per heavy atom. The molecule has 1 aliphatic heterocycles. The Bertz CT molecular complexity index is 381. The zero-order chi connectivity index (χ0) is 12.8. The lowest BCUT2D eigenvalue weighted by Crippen LogP contribution is -2.23. The molecule has 0 bridgehead atoms. The van der Waals surface area contributed by atoms with Crippen LogP contribution in [0, 0.1) is 0 Å². The Balaban J connectivity index is 1.89. The third-order valence-electron chi connectivity index (χ3n) is 3.00. The molecule has 2 rings (SSSR count). The quantitative estimate of drug-likeness (QED) is 0.761. The van der Waals surface area contributed by atoms with E-state index in [0.29, 0.717) is 13.2 Å². The average molecular weight is 251 g/mol. The van der Waals surface area contributed by atoms with Gasteiger partial charge in [-0.1, -0.05) is 6.92 Å². The van der Waals surface area contributed by atoms with Crippen molar-refractivity contribution >= 4 is 0 Å². The summed E-state index contributed by atoms with van der Waals surface area (Å²) in [5, 5.41) is 12.8. The Hall–Kier alpha value is -1.26. The molecule has 4 nitrogen and oxygen atoms in total. The van der Waals surface area contributed by atoms with Gasteiger partial charge in [-0.3, -0.25) is 0 Å². The fourth-order valence-electron chi connectivity index (χ4n) is 2.10. The second kappa shape index (κ2) is 6.61. The van der Waals surface area contributed by atoms with E-state index in [4.69, 9.17) is 9.47 Å². The molecule has 0 spiro atoms. The lowest BCUT2D eigenvalue weighted by Gasteiger charge is -2.26. The van der Waals surface area contributed by atoms with E-state index in [9.17, 15) is 5.11 Å². The summed E-state index contributed by atoms with van der Waals surface area (Å²) in [5.74, 6) is 1.09. The minimum absolute atomic E-state index is 0.0317. The lowest BCUT2D eigenvalue weighted by atomic mass is 10.0. The van der Waals surface area contributed by atoms with Crippen LogP contribution in [0.15, 0.2) is 18.2 Å². The van der Waals surface area contributed by atoms with E-state index in [2.05, 4.69) is 12.2 Å². The minimum atomic E-state index is 0.0317. The van der Waals surface area contributed by atoms with E-state index in [1.165, 1.54) is 0 Å². The molecule has 0 saturated carbocycles. The molecule has 0 amide bonds. The van der Waals surface area contributed by atoms with Crippen molar-refractivity contribution in [1.82, 2.24) is 5.32 Å². The normalized spacial score (nSPS) is 18.2. The van der Waals surface area contributed by atoms with Crippen molar-refractivity contribution in [1.29, 1.82) is 0 Å². The first-order chi connectivity index (χ1) is 8.81. The highest BCUT2D eigenvalue weighted by Gasteiger charge is 2.22. The van der Waals surface area contributed by atoms with Crippen LogP contribution in [-0.4, -0.2) is 31.4 Å². The SMILES string of the molecule is CCCNCCOC1CCOc2ccc(O)cc21. The summed E-state index contributed by atoms with van der Waals surface area (Å²) < 4.78 is 11.4. The summed E-state index contributed by atoms with van der Waals surface area (Å²) in [5.41, 5.74) is 0.955. The van der Waals surface area contributed by atoms with Gasteiger partial charge in [0.15, 0.2) is 0 Å². The molecule has 0 saturated heterocycles. The van der Waals surface area contributed by atoms with Crippen LogP contribution in [0.2, 0.25) is 0 Å². The molecule has 18 heavy (non-hydrogen) atoms. The van der Waals surface area contributed by atoms with Crippen molar-refractivity contribution in [3.63, 3.8) is 0 Å². The Labute approximate surface area is 108 Å². The van der Waals surface area contributed by atoms with Crippen LogP contribution in [0.25, 0.3) is 0 Å². The van der Waals surface area contributed by atoms with Crippen molar-refractivity contribution in [2.75, 3.05) is 26.3 Å². The van der Waals surface area contributed by atoms with Gasteiger partial charge in [-0.05, 0) is 31.2 Å². The van der Waals surface area contributed by atoms with Crippen LogP contribution in [0.1, 0.15) is 31.4 Å². The molecular formula is C14H21NO3. The Morgan fingerprint density at radius 2 is 2.33 bits per heavy atom. The van der Waals surface area contributed by atoms with Crippen LogP contribution in [0.3, 0.4) is 0 Å². The van der Waals surface area contributed by atoms with E-state index in [1.807, 2.05) is 0 Å². The van der Waals surface area contributed by atoms with Crippen molar-refractivity contribution < 1.29 is 14.6 Å². The number of hydrogen-bond acceptors (Lipinski definition) is 4. The van der Waals surface area contributed by atoms with Gasteiger partial charge in [0.2, 0.25) is 0 Å². The molecule has 1 atom stereocenters. The molecule has 0 aliphatic carbocycles. The number of nitrogens with one attached hydrogen (secondary N) is 1. The number of rotatable bonds is 6. The van der Waals surface area contributed by atoms with Crippen LogP contribution < -0.4 is 10.1 Å². The highest BCUT2D eigenvalue weighted by atomic mass is 16.5. The summed E-state index contributed by atoms with van der Waals surface area (Å²) in [4.78, 5) is 0. The maximum atomic E-state index is 9.52. The predicted octanol–water partition coefficient (Wildman–Crippen LogP) is 2.23. The molecule has 1 aliphatic rings. The molecule has 2 N–H and O–H groups in total.